The number of aliphatic imine (C=N–C) groups is 1. The molecule has 1 amide bonds. The summed E-state index contributed by atoms with van der Waals surface area (Å²) in [5.41, 5.74) is -1.73. The molecular formula is C20H32F3IN4O2. The molecule has 3 N–H and O–H groups in total. The summed E-state index contributed by atoms with van der Waals surface area (Å²) >= 11 is 0. The number of guanidine groups is 1. The van der Waals surface area contributed by atoms with Crippen molar-refractivity contribution in [3.05, 3.63) is 29.3 Å². The minimum absolute atomic E-state index is 0. The lowest BCUT2D eigenvalue weighted by atomic mass is 10.1. The van der Waals surface area contributed by atoms with E-state index >= 15 is 0 Å². The number of carbonyl (C=O) groups is 1. The molecule has 0 aliphatic carbocycles. The molecule has 172 valence electrons. The fourth-order valence-electron chi connectivity index (χ4n) is 2.42. The molecule has 0 heterocycles. The highest BCUT2D eigenvalue weighted by Crippen LogP contribution is 2.35. The zero-order valence-electron chi connectivity index (χ0n) is 18.5. The molecule has 30 heavy (non-hydrogen) atoms. The maximum absolute atomic E-state index is 13.5. The Kier molecular flexibility index (Phi) is 10.4. The maximum atomic E-state index is 13.5. The van der Waals surface area contributed by atoms with E-state index in [0.717, 1.165) is 6.07 Å². The van der Waals surface area contributed by atoms with E-state index in [-0.39, 0.29) is 65.8 Å². The van der Waals surface area contributed by atoms with Gasteiger partial charge in [0.2, 0.25) is 5.91 Å². The Morgan fingerprint density at radius 1 is 1.07 bits per heavy atom. The predicted molar refractivity (Wildman–Crippen MR) is 123 cm³/mol. The molecule has 0 spiro atoms. The Balaban J connectivity index is 0.00000841. The van der Waals surface area contributed by atoms with Crippen LogP contribution in [0.1, 0.15) is 52.7 Å². The van der Waals surface area contributed by atoms with Crippen LogP contribution < -0.4 is 20.7 Å². The number of amides is 1. The van der Waals surface area contributed by atoms with Gasteiger partial charge in [0.05, 0.1) is 12.1 Å². The van der Waals surface area contributed by atoms with Crippen LogP contribution in [-0.2, 0) is 17.5 Å². The van der Waals surface area contributed by atoms with Gasteiger partial charge < -0.3 is 20.7 Å². The average Bonchev–Trinajstić information content (AvgIpc) is 2.51. The van der Waals surface area contributed by atoms with E-state index in [2.05, 4.69) is 20.9 Å². The van der Waals surface area contributed by atoms with E-state index in [1.807, 2.05) is 20.8 Å². The van der Waals surface area contributed by atoms with Gasteiger partial charge in [0, 0.05) is 19.1 Å². The summed E-state index contributed by atoms with van der Waals surface area (Å²) in [6.45, 7) is 10.7. The number of nitrogens with zero attached hydrogens (tertiary/aromatic N) is 1. The van der Waals surface area contributed by atoms with Crippen LogP contribution in [-0.4, -0.2) is 36.6 Å². The summed E-state index contributed by atoms with van der Waals surface area (Å²) in [4.78, 5) is 15.8. The number of hydrogen-bond donors (Lipinski definition) is 3. The number of alkyl halides is 3. The molecule has 10 heteroatoms. The Labute approximate surface area is 193 Å². The molecule has 0 saturated heterocycles. The fraction of sp³-hybridized carbons (Fsp3) is 0.600. The molecular weight excluding hydrogens is 512 g/mol. The zero-order valence-corrected chi connectivity index (χ0v) is 20.8. The second-order valence-electron chi connectivity index (χ2n) is 8.61. The number of ether oxygens (including phenoxy) is 1. The number of nitrogens with one attached hydrogen (secondary N) is 3. The molecule has 0 aliphatic heterocycles. The molecule has 1 rings (SSSR count). The molecule has 1 aromatic rings. The van der Waals surface area contributed by atoms with Gasteiger partial charge in [-0.2, -0.15) is 13.2 Å². The summed E-state index contributed by atoms with van der Waals surface area (Å²) in [7, 11) is 1.47. The first-order valence-electron chi connectivity index (χ1n) is 9.25. The van der Waals surface area contributed by atoms with Gasteiger partial charge >= 0.3 is 6.18 Å². The summed E-state index contributed by atoms with van der Waals surface area (Å²) in [6, 6.07) is 3.87. The first kappa shape index (κ1) is 28.3. The van der Waals surface area contributed by atoms with Crippen molar-refractivity contribution >= 4 is 35.8 Å². The van der Waals surface area contributed by atoms with E-state index in [1.165, 1.54) is 19.2 Å². The van der Waals surface area contributed by atoms with Gasteiger partial charge in [-0.3, -0.25) is 9.79 Å². The highest BCUT2D eigenvalue weighted by atomic mass is 127. The monoisotopic (exact) mass is 544 g/mol. The van der Waals surface area contributed by atoms with E-state index in [4.69, 9.17) is 4.74 Å². The second-order valence-corrected chi connectivity index (χ2v) is 8.61. The smallest absolute Gasteiger partial charge is 0.416 e. The number of carbonyl (C=O) groups excluding carboxylic acids is 1. The van der Waals surface area contributed by atoms with Crippen LogP contribution in [0.5, 0.6) is 5.75 Å². The summed E-state index contributed by atoms with van der Waals surface area (Å²) in [5.74, 6) is 0.118. The Hall–Kier alpha value is -1.72. The molecule has 0 atom stereocenters. The topological polar surface area (TPSA) is 74.8 Å². The van der Waals surface area contributed by atoms with Crippen LogP contribution in [0.2, 0.25) is 0 Å². The molecule has 0 radical (unpaired) electrons. The molecule has 6 nitrogen and oxygen atoms in total. The Bertz CT molecular complexity index is 739. The minimum atomic E-state index is -4.53. The highest BCUT2D eigenvalue weighted by molar-refractivity contribution is 14.0. The van der Waals surface area contributed by atoms with Crippen LogP contribution in [0.25, 0.3) is 0 Å². The Morgan fingerprint density at radius 3 is 2.13 bits per heavy atom. The van der Waals surface area contributed by atoms with Gasteiger partial charge in [-0.15, -0.1) is 24.0 Å². The van der Waals surface area contributed by atoms with E-state index in [0.29, 0.717) is 0 Å². The molecule has 0 aromatic heterocycles. The third-order valence-corrected chi connectivity index (χ3v) is 3.41. The number of rotatable bonds is 5. The summed E-state index contributed by atoms with van der Waals surface area (Å²) in [6.07, 6.45) is -4.53. The van der Waals surface area contributed by atoms with Crippen molar-refractivity contribution in [2.75, 3.05) is 13.6 Å². The number of halogens is 4. The van der Waals surface area contributed by atoms with Gasteiger partial charge in [-0.05, 0) is 59.2 Å². The van der Waals surface area contributed by atoms with Crippen molar-refractivity contribution < 1.29 is 22.7 Å². The van der Waals surface area contributed by atoms with Gasteiger partial charge in [0.1, 0.15) is 11.4 Å². The second kappa shape index (κ2) is 11.1. The van der Waals surface area contributed by atoms with Crippen molar-refractivity contribution in [2.45, 2.75) is 65.4 Å². The minimum Gasteiger partial charge on any atom is -0.488 e. The number of benzene rings is 1. The van der Waals surface area contributed by atoms with Crippen molar-refractivity contribution in [3.63, 3.8) is 0 Å². The highest BCUT2D eigenvalue weighted by Gasteiger charge is 2.34. The summed E-state index contributed by atoms with van der Waals surface area (Å²) in [5, 5.41) is 8.37. The normalized spacial score (nSPS) is 12.7. The lowest BCUT2D eigenvalue weighted by Crippen LogP contribution is -2.48. The number of hydrogen-bond acceptors (Lipinski definition) is 3. The largest absolute Gasteiger partial charge is 0.488 e. The lowest BCUT2D eigenvalue weighted by Gasteiger charge is -2.23. The van der Waals surface area contributed by atoms with Crippen LogP contribution in [0.3, 0.4) is 0 Å². The molecule has 0 aliphatic rings. The third kappa shape index (κ3) is 10.9. The molecule has 0 fully saturated rings. The zero-order chi connectivity index (χ0) is 22.5. The van der Waals surface area contributed by atoms with Gasteiger partial charge in [0.15, 0.2) is 5.96 Å². The van der Waals surface area contributed by atoms with Crippen molar-refractivity contribution in [3.8, 4) is 5.75 Å². The van der Waals surface area contributed by atoms with E-state index in [1.54, 1.807) is 20.8 Å². The average molecular weight is 544 g/mol. The molecule has 0 saturated carbocycles. The van der Waals surface area contributed by atoms with Crippen LogP contribution in [0, 0.1) is 0 Å². The van der Waals surface area contributed by atoms with Crippen molar-refractivity contribution in [1.82, 2.24) is 16.0 Å². The van der Waals surface area contributed by atoms with Gasteiger partial charge in [-0.25, -0.2) is 0 Å². The van der Waals surface area contributed by atoms with Crippen LogP contribution in [0.4, 0.5) is 13.2 Å². The van der Waals surface area contributed by atoms with E-state index < -0.39 is 17.3 Å². The van der Waals surface area contributed by atoms with Crippen LogP contribution >= 0.6 is 24.0 Å². The van der Waals surface area contributed by atoms with Crippen molar-refractivity contribution in [1.29, 1.82) is 0 Å². The molecule has 0 bridgehead atoms. The van der Waals surface area contributed by atoms with E-state index in [9.17, 15) is 18.0 Å². The lowest BCUT2D eigenvalue weighted by molar-refractivity contribution is -0.138. The first-order valence-corrected chi connectivity index (χ1v) is 9.25. The Morgan fingerprint density at radius 2 is 1.67 bits per heavy atom. The SMILES string of the molecule is CN=C(NCC(=O)NC(C)(C)C)NCc1ccc(OC(C)(C)C)cc1C(F)(F)F.I. The van der Waals surface area contributed by atoms with Gasteiger partial charge in [-0.1, -0.05) is 6.07 Å². The maximum Gasteiger partial charge on any atom is 0.416 e. The fourth-order valence-corrected chi connectivity index (χ4v) is 2.42. The molecule has 0 unspecified atom stereocenters. The van der Waals surface area contributed by atoms with Crippen LogP contribution in [0.15, 0.2) is 23.2 Å². The van der Waals surface area contributed by atoms with Gasteiger partial charge in [0.25, 0.3) is 0 Å². The first-order chi connectivity index (χ1) is 13.1. The van der Waals surface area contributed by atoms with Crippen molar-refractivity contribution in [2.24, 2.45) is 4.99 Å². The standard InChI is InChI=1S/C20H31F3N4O2.HI/c1-18(2,3)27-16(28)12-26-17(24-7)25-11-13-8-9-14(29-19(4,5)6)10-15(13)20(21,22)23;/h8-10H,11-12H2,1-7H3,(H,27,28)(H2,24,25,26);1H. The summed E-state index contributed by atoms with van der Waals surface area (Å²) < 4.78 is 46.0. The molecule has 1 aromatic carbocycles. The third-order valence-electron chi connectivity index (χ3n) is 3.41. The quantitative estimate of drug-likeness (QED) is 0.297. The predicted octanol–water partition coefficient (Wildman–Crippen LogP) is 4.08.